The SMILES string of the molecule is CCN(CC(C)C(=O)O)c1cncc(C(=O)OC)n1. The maximum atomic E-state index is 11.4. The number of esters is 1. The summed E-state index contributed by atoms with van der Waals surface area (Å²) in [6.45, 7) is 4.35. The van der Waals surface area contributed by atoms with Gasteiger partial charge in [-0.15, -0.1) is 0 Å². The van der Waals surface area contributed by atoms with Gasteiger partial charge in [0.1, 0.15) is 5.82 Å². The highest BCUT2D eigenvalue weighted by Crippen LogP contribution is 2.12. The fourth-order valence-electron chi connectivity index (χ4n) is 1.50. The van der Waals surface area contributed by atoms with E-state index in [-0.39, 0.29) is 5.69 Å². The zero-order valence-corrected chi connectivity index (χ0v) is 11.2. The Morgan fingerprint density at radius 1 is 1.47 bits per heavy atom. The second-order valence-corrected chi connectivity index (χ2v) is 4.03. The van der Waals surface area contributed by atoms with Gasteiger partial charge in [0.15, 0.2) is 5.69 Å². The largest absolute Gasteiger partial charge is 0.481 e. The Labute approximate surface area is 111 Å². The Kier molecular flexibility index (Phi) is 5.23. The van der Waals surface area contributed by atoms with Crippen molar-refractivity contribution in [1.82, 2.24) is 9.97 Å². The van der Waals surface area contributed by atoms with Crippen molar-refractivity contribution in [2.45, 2.75) is 13.8 Å². The number of nitrogens with zero attached hydrogens (tertiary/aromatic N) is 3. The van der Waals surface area contributed by atoms with Crippen molar-refractivity contribution in [3.05, 3.63) is 18.1 Å². The second kappa shape index (κ2) is 6.67. The summed E-state index contributed by atoms with van der Waals surface area (Å²) in [4.78, 5) is 32.0. The van der Waals surface area contributed by atoms with Gasteiger partial charge in [0, 0.05) is 13.1 Å². The average Bonchev–Trinajstić information content (AvgIpc) is 2.43. The maximum Gasteiger partial charge on any atom is 0.358 e. The lowest BCUT2D eigenvalue weighted by atomic mass is 10.2. The van der Waals surface area contributed by atoms with Crippen LogP contribution in [0.3, 0.4) is 0 Å². The minimum absolute atomic E-state index is 0.0985. The summed E-state index contributed by atoms with van der Waals surface area (Å²) in [5, 5.41) is 8.92. The molecule has 19 heavy (non-hydrogen) atoms. The molecule has 7 nitrogen and oxygen atoms in total. The predicted octanol–water partition coefficient (Wildman–Crippen LogP) is 0.810. The van der Waals surface area contributed by atoms with Gasteiger partial charge in [-0.25, -0.2) is 9.78 Å². The van der Waals surface area contributed by atoms with Gasteiger partial charge in [-0.1, -0.05) is 6.92 Å². The van der Waals surface area contributed by atoms with Crippen LogP contribution in [0.15, 0.2) is 12.4 Å². The Balaban J connectivity index is 2.92. The molecule has 0 radical (unpaired) electrons. The van der Waals surface area contributed by atoms with Crippen LogP contribution in [-0.2, 0) is 9.53 Å². The number of carboxylic acids is 1. The van der Waals surface area contributed by atoms with E-state index in [2.05, 4.69) is 14.7 Å². The van der Waals surface area contributed by atoms with Crippen molar-refractivity contribution in [2.24, 2.45) is 5.92 Å². The molecule has 1 rings (SSSR count). The summed E-state index contributed by atoms with van der Waals surface area (Å²) in [6, 6.07) is 0. The molecule has 0 aliphatic heterocycles. The van der Waals surface area contributed by atoms with Gasteiger partial charge >= 0.3 is 11.9 Å². The lowest BCUT2D eigenvalue weighted by Gasteiger charge is -2.23. The molecule has 1 heterocycles. The number of methoxy groups -OCH3 is 1. The van der Waals surface area contributed by atoms with E-state index < -0.39 is 17.9 Å². The van der Waals surface area contributed by atoms with Gasteiger partial charge < -0.3 is 14.7 Å². The first-order chi connectivity index (χ1) is 8.99. The van der Waals surface area contributed by atoms with E-state index in [4.69, 9.17) is 5.11 Å². The molecular weight excluding hydrogens is 250 g/mol. The second-order valence-electron chi connectivity index (χ2n) is 4.03. The van der Waals surface area contributed by atoms with Crippen LogP contribution in [0.1, 0.15) is 24.3 Å². The molecule has 0 aromatic carbocycles. The smallest absolute Gasteiger partial charge is 0.358 e. The number of carboxylic acid groups (broad SMARTS) is 1. The molecule has 104 valence electrons. The first-order valence-electron chi connectivity index (χ1n) is 5.87. The molecular formula is C12H17N3O4. The standard InChI is InChI=1S/C12H17N3O4/c1-4-15(7-8(2)11(16)17)10-6-13-5-9(14-10)12(18)19-3/h5-6,8H,4,7H2,1-3H3,(H,16,17). The van der Waals surface area contributed by atoms with Gasteiger partial charge in [0.2, 0.25) is 0 Å². The molecule has 1 atom stereocenters. The van der Waals surface area contributed by atoms with Gasteiger partial charge in [0.05, 0.1) is 25.4 Å². The third kappa shape index (κ3) is 3.90. The normalized spacial score (nSPS) is 11.7. The summed E-state index contributed by atoms with van der Waals surface area (Å²) >= 11 is 0. The number of rotatable bonds is 6. The van der Waals surface area contributed by atoms with Crippen LogP contribution in [-0.4, -0.2) is 47.2 Å². The Morgan fingerprint density at radius 2 is 2.16 bits per heavy atom. The average molecular weight is 267 g/mol. The number of hydrogen-bond acceptors (Lipinski definition) is 6. The Hall–Kier alpha value is -2.18. The summed E-state index contributed by atoms with van der Waals surface area (Å²) in [5.74, 6) is -1.53. The van der Waals surface area contributed by atoms with E-state index in [1.54, 1.807) is 11.8 Å². The van der Waals surface area contributed by atoms with Crippen molar-refractivity contribution < 1.29 is 19.4 Å². The highest BCUT2D eigenvalue weighted by atomic mass is 16.5. The molecule has 1 unspecified atom stereocenters. The molecule has 1 aromatic heterocycles. The Bertz CT molecular complexity index is 464. The van der Waals surface area contributed by atoms with E-state index in [9.17, 15) is 9.59 Å². The van der Waals surface area contributed by atoms with E-state index >= 15 is 0 Å². The highest BCUT2D eigenvalue weighted by molar-refractivity contribution is 5.87. The van der Waals surface area contributed by atoms with Crippen molar-refractivity contribution in [1.29, 1.82) is 0 Å². The molecule has 7 heteroatoms. The first-order valence-corrected chi connectivity index (χ1v) is 5.87. The molecule has 0 aliphatic rings. The van der Waals surface area contributed by atoms with Crippen LogP contribution in [0, 0.1) is 5.92 Å². The molecule has 0 spiro atoms. The van der Waals surface area contributed by atoms with Gasteiger partial charge in [-0.3, -0.25) is 9.78 Å². The predicted molar refractivity (Wildman–Crippen MR) is 68.1 cm³/mol. The van der Waals surface area contributed by atoms with Crippen LogP contribution in [0.25, 0.3) is 0 Å². The summed E-state index contributed by atoms with van der Waals surface area (Å²) in [6.07, 6.45) is 2.80. The van der Waals surface area contributed by atoms with Gasteiger partial charge in [-0.2, -0.15) is 0 Å². The van der Waals surface area contributed by atoms with Gasteiger partial charge in [0.25, 0.3) is 0 Å². The monoisotopic (exact) mass is 267 g/mol. The molecule has 0 saturated carbocycles. The third-order valence-electron chi connectivity index (χ3n) is 2.64. The molecule has 0 amide bonds. The molecule has 0 bridgehead atoms. The number of aromatic nitrogens is 2. The lowest BCUT2D eigenvalue weighted by Crippen LogP contribution is -2.32. The molecule has 1 N–H and O–H groups in total. The van der Waals surface area contributed by atoms with Crippen LogP contribution in [0.2, 0.25) is 0 Å². The van der Waals surface area contributed by atoms with Crippen LogP contribution in [0.4, 0.5) is 5.82 Å². The Morgan fingerprint density at radius 3 is 2.68 bits per heavy atom. The fraction of sp³-hybridized carbons (Fsp3) is 0.500. The van der Waals surface area contributed by atoms with Crippen molar-refractivity contribution >= 4 is 17.8 Å². The quantitative estimate of drug-likeness (QED) is 0.762. The van der Waals surface area contributed by atoms with Crippen LogP contribution < -0.4 is 4.90 Å². The van der Waals surface area contributed by atoms with Crippen molar-refractivity contribution in [3.8, 4) is 0 Å². The van der Waals surface area contributed by atoms with E-state index in [1.165, 1.54) is 19.5 Å². The van der Waals surface area contributed by atoms with Crippen LogP contribution >= 0.6 is 0 Å². The molecule has 0 fully saturated rings. The number of ether oxygens (including phenoxy) is 1. The summed E-state index contributed by atoms with van der Waals surface area (Å²) in [7, 11) is 1.26. The van der Waals surface area contributed by atoms with E-state index in [0.717, 1.165) is 0 Å². The maximum absolute atomic E-state index is 11.4. The number of aliphatic carboxylic acids is 1. The highest BCUT2D eigenvalue weighted by Gasteiger charge is 2.18. The molecule has 0 aliphatic carbocycles. The summed E-state index contributed by atoms with van der Waals surface area (Å²) in [5.41, 5.74) is 0.0985. The molecule has 0 saturated heterocycles. The van der Waals surface area contributed by atoms with Crippen LogP contribution in [0.5, 0.6) is 0 Å². The van der Waals surface area contributed by atoms with E-state index in [1.807, 2.05) is 6.92 Å². The van der Waals surface area contributed by atoms with E-state index in [0.29, 0.717) is 18.9 Å². The number of hydrogen-bond donors (Lipinski definition) is 1. The number of anilines is 1. The third-order valence-corrected chi connectivity index (χ3v) is 2.64. The lowest BCUT2D eigenvalue weighted by molar-refractivity contribution is -0.140. The zero-order valence-electron chi connectivity index (χ0n) is 11.2. The topological polar surface area (TPSA) is 92.6 Å². The number of carbonyl (C=O) groups is 2. The number of carbonyl (C=O) groups excluding carboxylic acids is 1. The van der Waals surface area contributed by atoms with Gasteiger partial charge in [-0.05, 0) is 6.92 Å². The minimum Gasteiger partial charge on any atom is -0.481 e. The van der Waals surface area contributed by atoms with Crippen molar-refractivity contribution in [2.75, 3.05) is 25.1 Å². The molecule has 1 aromatic rings. The first kappa shape index (κ1) is 14.9. The van der Waals surface area contributed by atoms with Crippen molar-refractivity contribution in [3.63, 3.8) is 0 Å². The fourth-order valence-corrected chi connectivity index (χ4v) is 1.50. The zero-order chi connectivity index (χ0) is 14.4. The summed E-state index contributed by atoms with van der Waals surface area (Å²) < 4.78 is 4.57. The minimum atomic E-state index is -0.879.